The van der Waals surface area contributed by atoms with Crippen molar-refractivity contribution in [1.29, 1.82) is 0 Å². The summed E-state index contributed by atoms with van der Waals surface area (Å²) in [7, 11) is 0. The molecule has 0 fully saturated rings. The molecule has 84 valence electrons. The van der Waals surface area contributed by atoms with E-state index in [4.69, 9.17) is 4.74 Å². The second-order valence-electron chi connectivity index (χ2n) is 3.14. The van der Waals surface area contributed by atoms with Crippen molar-refractivity contribution in [2.75, 3.05) is 0 Å². The third-order valence-corrected chi connectivity index (χ3v) is 2.49. The summed E-state index contributed by atoms with van der Waals surface area (Å²) in [4.78, 5) is 11.3. The second-order valence-corrected chi connectivity index (χ2v) is 4.06. The van der Waals surface area contributed by atoms with Gasteiger partial charge in [0.15, 0.2) is 0 Å². The van der Waals surface area contributed by atoms with Crippen LogP contribution in [0.15, 0.2) is 53.5 Å². The minimum absolute atomic E-state index is 0.365. The highest BCUT2D eigenvalue weighted by atomic mass is 79.9. The predicted octanol–water partition coefficient (Wildman–Crippen LogP) is 3.80. The largest absolute Gasteiger partial charge is 0.450 e. The Labute approximate surface area is 104 Å². The summed E-state index contributed by atoms with van der Waals surface area (Å²) in [6.45, 7) is 5.43. The standard InChI is InChI=1S/C13H13BrO2/c1-3-5-13(15)16-12(4-2)10-6-8-11(14)9-7-10/h3-9,12H,2H2,1H3/b5-3+. The van der Waals surface area contributed by atoms with Gasteiger partial charge in [0.1, 0.15) is 6.10 Å². The van der Waals surface area contributed by atoms with Crippen LogP contribution in [0.25, 0.3) is 0 Å². The molecule has 0 saturated carbocycles. The van der Waals surface area contributed by atoms with Gasteiger partial charge in [0.25, 0.3) is 0 Å². The number of carbonyl (C=O) groups is 1. The monoisotopic (exact) mass is 280 g/mol. The number of esters is 1. The van der Waals surface area contributed by atoms with Crippen molar-refractivity contribution in [3.8, 4) is 0 Å². The molecule has 0 heterocycles. The molecule has 0 aliphatic heterocycles. The molecule has 1 aromatic rings. The van der Waals surface area contributed by atoms with Crippen molar-refractivity contribution < 1.29 is 9.53 Å². The SMILES string of the molecule is C=CC(OC(=O)/C=C/C)c1ccc(Br)cc1. The number of hydrogen-bond acceptors (Lipinski definition) is 2. The number of benzene rings is 1. The molecule has 3 heteroatoms. The minimum Gasteiger partial charge on any atom is -0.450 e. The molecule has 0 amide bonds. The van der Waals surface area contributed by atoms with Crippen molar-refractivity contribution in [1.82, 2.24) is 0 Å². The first-order chi connectivity index (χ1) is 7.67. The summed E-state index contributed by atoms with van der Waals surface area (Å²) >= 11 is 3.35. The highest BCUT2D eigenvalue weighted by Crippen LogP contribution is 2.21. The lowest BCUT2D eigenvalue weighted by molar-refractivity contribution is -0.141. The quantitative estimate of drug-likeness (QED) is 0.476. The van der Waals surface area contributed by atoms with E-state index in [0.29, 0.717) is 0 Å². The van der Waals surface area contributed by atoms with Crippen LogP contribution in [0.2, 0.25) is 0 Å². The normalized spacial score (nSPS) is 12.4. The fourth-order valence-electron chi connectivity index (χ4n) is 1.21. The third kappa shape index (κ3) is 3.66. The molecule has 0 bridgehead atoms. The van der Waals surface area contributed by atoms with E-state index in [-0.39, 0.29) is 5.97 Å². The third-order valence-electron chi connectivity index (χ3n) is 1.96. The first-order valence-electron chi connectivity index (χ1n) is 4.88. The number of ether oxygens (including phenoxy) is 1. The Balaban J connectivity index is 2.78. The van der Waals surface area contributed by atoms with Crippen LogP contribution in [0.5, 0.6) is 0 Å². The van der Waals surface area contributed by atoms with Gasteiger partial charge >= 0.3 is 5.97 Å². The molecule has 0 radical (unpaired) electrons. The van der Waals surface area contributed by atoms with Gasteiger partial charge < -0.3 is 4.74 Å². The maximum Gasteiger partial charge on any atom is 0.331 e. The van der Waals surface area contributed by atoms with Crippen LogP contribution in [-0.2, 0) is 9.53 Å². The van der Waals surface area contributed by atoms with Crippen molar-refractivity contribution in [2.24, 2.45) is 0 Å². The van der Waals surface area contributed by atoms with Gasteiger partial charge in [-0.05, 0) is 30.7 Å². The minimum atomic E-state index is -0.406. The molecular weight excluding hydrogens is 268 g/mol. The van der Waals surface area contributed by atoms with E-state index in [0.717, 1.165) is 10.0 Å². The fraction of sp³-hybridized carbons (Fsp3) is 0.154. The van der Waals surface area contributed by atoms with Crippen LogP contribution in [0.3, 0.4) is 0 Å². The van der Waals surface area contributed by atoms with E-state index in [1.807, 2.05) is 24.3 Å². The molecule has 0 aromatic heterocycles. The molecule has 1 rings (SSSR count). The highest BCUT2D eigenvalue weighted by molar-refractivity contribution is 9.10. The van der Waals surface area contributed by atoms with Gasteiger partial charge in [0.2, 0.25) is 0 Å². The number of hydrogen-bond donors (Lipinski definition) is 0. The first kappa shape index (κ1) is 12.7. The first-order valence-corrected chi connectivity index (χ1v) is 5.68. The van der Waals surface area contributed by atoms with Gasteiger partial charge in [-0.2, -0.15) is 0 Å². The highest BCUT2D eigenvalue weighted by Gasteiger charge is 2.10. The van der Waals surface area contributed by atoms with Crippen molar-refractivity contribution >= 4 is 21.9 Å². The Morgan fingerprint density at radius 3 is 2.56 bits per heavy atom. The second kappa shape index (κ2) is 6.28. The molecule has 1 aromatic carbocycles. The molecule has 0 aliphatic carbocycles. The Bertz CT molecular complexity index is 393. The summed E-state index contributed by atoms with van der Waals surface area (Å²) in [5.74, 6) is -0.365. The summed E-state index contributed by atoms with van der Waals surface area (Å²) in [6, 6.07) is 7.57. The Kier molecular flexibility index (Phi) is 4.99. The average molecular weight is 281 g/mol. The van der Waals surface area contributed by atoms with Gasteiger partial charge in [-0.1, -0.05) is 40.7 Å². The Hall–Kier alpha value is -1.35. The summed E-state index contributed by atoms with van der Waals surface area (Å²) in [5, 5.41) is 0. The van der Waals surface area contributed by atoms with Gasteiger partial charge in [-0.3, -0.25) is 0 Å². The van der Waals surface area contributed by atoms with E-state index in [1.165, 1.54) is 6.08 Å². The van der Waals surface area contributed by atoms with Gasteiger partial charge in [0, 0.05) is 10.5 Å². The summed E-state index contributed by atoms with van der Waals surface area (Å²) in [5.41, 5.74) is 0.899. The van der Waals surface area contributed by atoms with Crippen molar-refractivity contribution in [3.63, 3.8) is 0 Å². The van der Waals surface area contributed by atoms with Crippen molar-refractivity contribution in [2.45, 2.75) is 13.0 Å². The smallest absolute Gasteiger partial charge is 0.331 e. The van der Waals surface area contributed by atoms with Gasteiger partial charge in [-0.25, -0.2) is 4.79 Å². The zero-order chi connectivity index (χ0) is 12.0. The van der Waals surface area contributed by atoms with Gasteiger partial charge in [-0.15, -0.1) is 0 Å². The van der Waals surface area contributed by atoms with Crippen LogP contribution >= 0.6 is 15.9 Å². The number of halogens is 1. The van der Waals surface area contributed by atoms with E-state index >= 15 is 0 Å². The van der Waals surface area contributed by atoms with Gasteiger partial charge in [0.05, 0.1) is 0 Å². The van der Waals surface area contributed by atoms with Crippen LogP contribution in [0.1, 0.15) is 18.6 Å². The molecule has 0 saturated heterocycles. The predicted molar refractivity (Wildman–Crippen MR) is 68.0 cm³/mol. The van der Waals surface area contributed by atoms with E-state index in [1.54, 1.807) is 19.1 Å². The van der Waals surface area contributed by atoms with Crippen LogP contribution in [0, 0.1) is 0 Å². The molecule has 16 heavy (non-hydrogen) atoms. The maximum atomic E-state index is 11.3. The molecule has 0 aliphatic rings. The van der Waals surface area contributed by atoms with Crippen molar-refractivity contribution in [3.05, 3.63) is 59.1 Å². The lowest BCUT2D eigenvalue weighted by atomic mass is 10.1. The molecule has 1 unspecified atom stereocenters. The zero-order valence-corrected chi connectivity index (χ0v) is 10.6. The van der Waals surface area contributed by atoms with Crippen LogP contribution in [0.4, 0.5) is 0 Å². The van der Waals surface area contributed by atoms with Crippen LogP contribution < -0.4 is 0 Å². The molecule has 0 N–H and O–H groups in total. The molecule has 0 spiro atoms. The van der Waals surface area contributed by atoms with E-state index in [9.17, 15) is 4.79 Å². The average Bonchev–Trinajstić information content (AvgIpc) is 2.27. The lowest BCUT2D eigenvalue weighted by Crippen LogP contribution is -2.06. The molecule has 2 nitrogen and oxygen atoms in total. The molecule has 1 atom stereocenters. The Morgan fingerprint density at radius 1 is 1.44 bits per heavy atom. The maximum absolute atomic E-state index is 11.3. The zero-order valence-electron chi connectivity index (χ0n) is 9.02. The number of carbonyl (C=O) groups excluding carboxylic acids is 1. The van der Waals surface area contributed by atoms with Crippen LogP contribution in [-0.4, -0.2) is 5.97 Å². The topological polar surface area (TPSA) is 26.3 Å². The number of rotatable bonds is 4. The molecular formula is C13H13BrO2. The van der Waals surface area contributed by atoms with E-state index in [2.05, 4.69) is 22.5 Å². The Morgan fingerprint density at radius 2 is 2.06 bits per heavy atom. The fourth-order valence-corrected chi connectivity index (χ4v) is 1.47. The summed E-state index contributed by atoms with van der Waals surface area (Å²) < 4.78 is 6.19. The lowest BCUT2D eigenvalue weighted by Gasteiger charge is -2.13. The summed E-state index contributed by atoms with van der Waals surface area (Å²) in [6.07, 6.45) is 4.22. The van der Waals surface area contributed by atoms with E-state index < -0.39 is 6.10 Å². The number of allylic oxidation sites excluding steroid dienone is 1.